The summed E-state index contributed by atoms with van der Waals surface area (Å²) in [5.74, 6) is 1.13. The van der Waals surface area contributed by atoms with E-state index in [0.29, 0.717) is 0 Å². The molecule has 0 spiro atoms. The van der Waals surface area contributed by atoms with Crippen molar-refractivity contribution in [3.05, 3.63) is 0 Å². The van der Waals surface area contributed by atoms with Crippen LogP contribution in [0.25, 0.3) is 0 Å². The van der Waals surface area contributed by atoms with Crippen molar-refractivity contribution in [2.75, 3.05) is 5.75 Å². The SMILES string of the molecule is [SiH3]CCSCl. The smallest absolute Gasteiger partial charge is 0.00539 e. The van der Waals surface area contributed by atoms with Crippen LogP contribution < -0.4 is 0 Å². The Kier molecular flexibility index (Phi) is 5.69. The van der Waals surface area contributed by atoms with Gasteiger partial charge in [0.25, 0.3) is 0 Å². The van der Waals surface area contributed by atoms with Crippen LogP contribution in [-0.4, -0.2) is 16.0 Å². The van der Waals surface area contributed by atoms with Crippen LogP contribution in [0.2, 0.25) is 6.04 Å². The molecule has 3 heteroatoms. The summed E-state index contributed by atoms with van der Waals surface area (Å²) < 4.78 is 0. The lowest BCUT2D eigenvalue weighted by Gasteiger charge is -1.76. The molecule has 0 nitrogen and oxygen atoms in total. The monoisotopic (exact) mass is 126 g/mol. The molecule has 32 valence electrons. The molecule has 0 heterocycles. The van der Waals surface area contributed by atoms with Crippen molar-refractivity contribution >= 4 is 31.9 Å². The summed E-state index contributed by atoms with van der Waals surface area (Å²) in [6.07, 6.45) is 0. The van der Waals surface area contributed by atoms with E-state index in [-0.39, 0.29) is 0 Å². The Labute approximate surface area is 44.2 Å². The molecule has 0 N–H and O–H groups in total. The lowest BCUT2D eigenvalue weighted by atomic mass is 11.0. The Morgan fingerprint density at radius 1 is 1.80 bits per heavy atom. The largest absolute Gasteiger partial charge is 0.0561 e. The van der Waals surface area contributed by atoms with E-state index in [4.69, 9.17) is 10.7 Å². The van der Waals surface area contributed by atoms with Crippen LogP contribution >= 0.6 is 21.7 Å². The van der Waals surface area contributed by atoms with Gasteiger partial charge in [0.15, 0.2) is 0 Å². The van der Waals surface area contributed by atoms with E-state index >= 15 is 0 Å². The minimum atomic E-state index is 1.13. The first kappa shape index (κ1) is 5.86. The van der Waals surface area contributed by atoms with E-state index < -0.39 is 0 Å². The van der Waals surface area contributed by atoms with E-state index in [2.05, 4.69) is 0 Å². The van der Waals surface area contributed by atoms with E-state index in [9.17, 15) is 0 Å². The van der Waals surface area contributed by atoms with Crippen LogP contribution in [0.5, 0.6) is 0 Å². The van der Waals surface area contributed by atoms with E-state index in [0.717, 1.165) is 5.75 Å². The fourth-order valence-electron chi connectivity index (χ4n) is 0.0772. The Morgan fingerprint density at radius 2 is 2.40 bits per heavy atom. The molecule has 0 bridgehead atoms. The molecule has 0 aliphatic rings. The minimum Gasteiger partial charge on any atom is -0.0561 e. The molecule has 0 aromatic rings. The van der Waals surface area contributed by atoms with Crippen LogP contribution in [0, 0.1) is 0 Å². The molecule has 0 unspecified atom stereocenters. The van der Waals surface area contributed by atoms with Gasteiger partial charge in [-0.2, -0.15) is 0 Å². The molecule has 0 aromatic carbocycles. The van der Waals surface area contributed by atoms with Gasteiger partial charge >= 0.3 is 0 Å². The zero-order chi connectivity index (χ0) is 4.12. The van der Waals surface area contributed by atoms with Crippen molar-refractivity contribution in [3.63, 3.8) is 0 Å². The van der Waals surface area contributed by atoms with Crippen LogP contribution in [-0.2, 0) is 0 Å². The molecular formula is C2H7ClSSi. The minimum absolute atomic E-state index is 1.13. The van der Waals surface area contributed by atoms with Crippen molar-refractivity contribution in [2.24, 2.45) is 0 Å². The Morgan fingerprint density at radius 3 is 2.40 bits per heavy atom. The molecule has 0 aliphatic heterocycles. The van der Waals surface area contributed by atoms with Crippen LogP contribution in [0.4, 0.5) is 0 Å². The molecule has 0 saturated heterocycles. The summed E-state index contributed by atoms with van der Waals surface area (Å²) in [7, 11) is 7.94. The molecule has 0 rings (SSSR count). The Hall–Kier alpha value is 0.857. The highest BCUT2D eigenvalue weighted by molar-refractivity contribution is 8.21. The highest BCUT2D eigenvalue weighted by Crippen LogP contribution is 2.04. The molecule has 0 atom stereocenters. The maximum atomic E-state index is 5.24. The number of halogens is 1. The highest BCUT2D eigenvalue weighted by atomic mass is 35.7. The second-order valence-corrected chi connectivity index (χ2v) is 3.09. The zero-order valence-corrected chi connectivity index (χ0v) is 6.77. The van der Waals surface area contributed by atoms with Gasteiger partial charge in [-0.1, -0.05) is 17.0 Å². The maximum Gasteiger partial charge on any atom is 0.00539 e. The number of rotatable bonds is 2. The quantitative estimate of drug-likeness (QED) is 0.490. The summed E-state index contributed by atoms with van der Waals surface area (Å²) in [6.45, 7) is 0. The van der Waals surface area contributed by atoms with Gasteiger partial charge < -0.3 is 0 Å². The summed E-state index contributed by atoms with van der Waals surface area (Å²) in [6, 6.07) is 1.31. The second-order valence-electron chi connectivity index (χ2n) is 0.813. The van der Waals surface area contributed by atoms with Crippen LogP contribution in [0.1, 0.15) is 0 Å². The first-order valence-corrected chi connectivity index (χ1v) is 4.88. The van der Waals surface area contributed by atoms with Crippen LogP contribution in [0.15, 0.2) is 0 Å². The van der Waals surface area contributed by atoms with E-state index in [1.165, 1.54) is 27.3 Å². The first-order chi connectivity index (χ1) is 2.41. The van der Waals surface area contributed by atoms with Gasteiger partial charge in [-0.25, -0.2) is 0 Å². The van der Waals surface area contributed by atoms with Crippen molar-refractivity contribution < 1.29 is 0 Å². The summed E-state index contributed by atoms with van der Waals surface area (Å²) >= 11 is 0. The fraction of sp³-hybridized carbons (Fsp3) is 1.00. The van der Waals surface area contributed by atoms with Crippen molar-refractivity contribution in [1.82, 2.24) is 0 Å². The van der Waals surface area contributed by atoms with Crippen molar-refractivity contribution in [2.45, 2.75) is 6.04 Å². The average molecular weight is 127 g/mol. The molecule has 0 aromatic heterocycles. The summed E-state index contributed by atoms with van der Waals surface area (Å²) in [5, 5.41) is 0. The Balaban J connectivity index is 2.19. The predicted octanol–water partition coefficient (Wildman–Crippen LogP) is 0.657. The topological polar surface area (TPSA) is 0 Å². The molecule has 5 heavy (non-hydrogen) atoms. The van der Waals surface area contributed by atoms with Crippen molar-refractivity contribution in [1.29, 1.82) is 0 Å². The zero-order valence-electron chi connectivity index (χ0n) is 3.20. The molecule has 0 aliphatic carbocycles. The van der Waals surface area contributed by atoms with Gasteiger partial charge in [-0.15, -0.1) is 0 Å². The second kappa shape index (κ2) is 4.86. The lowest BCUT2D eigenvalue weighted by Crippen LogP contribution is -1.66. The van der Waals surface area contributed by atoms with Gasteiger partial charge in [-0.05, 0) is 10.7 Å². The Bertz CT molecular complexity index is 17.1. The highest BCUT2D eigenvalue weighted by Gasteiger charge is 1.70. The van der Waals surface area contributed by atoms with Gasteiger partial charge in [0.1, 0.15) is 0 Å². The predicted molar refractivity (Wildman–Crippen MR) is 33.1 cm³/mol. The number of hydrogen-bond donors (Lipinski definition) is 0. The summed E-state index contributed by atoms with van der Waals surface area (Å²) in [4.78, 5) is 0. The molecule has 0 fully saturated rings. The van der Waals surface area contributed by atoms with Gasteiger partial charge in [0.2, 0.25) is 0 Å². The summed E-state index contributed by atoms with van der Waals surface area (Å²) in [5.41, 5.74) is 0. The van der Waals surface area contributed by atoms with E-state index in [1.54, 1.807) is 0 Å². The standard InChI is InChI=1S/C2H7ClSSi/c3-4-1-2-5/h1-2H2,5H3. The van der Waals surface area contributed by atoms with Gasteiger partial charge in [0, 0.05) is 16.0 Å². The third-order valence-corrected chi connectivity index (χ3v) is 2.53. The fourth-order valence-corrected chi connectivity index (χ4v) is 2.08. The molecule has 0 radical (unpaired) electrons. The molecular weight excluding hydrogens is 120 g/mol. The van der Waals surface area contributed by atoms with Crippen molar-refractivity contribution in [3.8, 4) is 0 Å². The third-order valence-electron chi connectivity index (χ3n) is 0.281. The molecule has 0 amide bonds. The maximum absolute atomic E-state index is 5.24. The normalized spacial score (nSPS) is 9.00. The average Bonchev–Trinajstić information content (AvgIpc) is 1.41. The third kappa shape index (κ3) is 4.86. The van der Waals surface area contributed by atoms with Crippen LogP contribution in [0.3, 0.4) is 0 Å². The van der Waals surface area contributed by atoms with Gasteiger partial charge in [-0.3, -0.25) is 0 Å². The van der Waals surface area contributed by atoms with Gasteiger partial charge in [0.05, 0.1) is 0 Å². The number of hydrogen-bond acceptors (Lipinski definition) is 1. The lowest BCUT2D eigenvalue weighted by molar-refractivity contribution is 1.52. The van der Waals surface area contributed by atoms with E-state index in [1.807, 2.05) is 0 Å². The molecule has 0 saturated carbocycles. The first-order valence-electron chi connectivity index (χ1n) is 1.65.